The largest absolute Gasteiger partial charge is 0.373 e. The summed E-state index contributed by atoms with van der Waals surface area (Å²) < 4.78 is 38.2. The summed E-state index contributed by atoms with van der Waals surface area (Å²) in [5.74, 6) is -0.976. The van der Waals surface area contributed by atoms with Gasteiger partial charge in [0.1, 0.15) is 0 Å². The Morgan fingerprint density at radius 2 is 1.29 bits per heavy atom. The van der Waals surface area contributed by atoms with Crippen LogP contribution in [0, 0.1) is 11.6 Å². The van der Waals surface area contributed by atoms with Crippen LogP contribution in [0.3, 0.4) is 0 Å². The van der Waals surface area contributed by atoms with E-state index in [1.807, 2.05) is 0 Å². The van der Waals surface area contributed by atoms with Crippen molar-refractivity contribution in [1.82, 2.24) is 20.2 Å². The van der Waals surface area contributed by atoms with Crippen molar-refractivity contribution in [3.8, 4) is 0 Å². The second kappa shape index (κ2) is 12.2. The summed E-state index contributed by atoms with van der Waals surface area (Å²) in [6.07, 6.45) is 6.52. The molecule has 35 heavy (non-hydrogen) atoms. The van der Waals surface area contributed by atoms with Gasteiger partial charge in [-0.15, -0.1) is 0 Å². The average molecular weight is 531 g/mol. The Bertz CT molecular complexity index is 982. The summed E-state index contributed by atoms with van der Waals surface area (Å²) in [5.41, 5.74) is 0.673. The second-order valence-corrected chi connectivity index (χ2v) is 9.99. The third-order valence-corrected chi connectivity index (χ3v) is 7.73. The number of rotatable bonds is 5. The maximum Gasteiger partial charge on any atom is 0.164 e. The first-order valence-corrected chi connectivity index (χ1v) is 12.6. The molecule has 2 fully saturated rings. The highest BCUT2D eigenvalue weighted by Gasteiger charge is 2.38. The van der Waals surface area contributed by atoms with Crippen molar-refractivity contribution in [2.45, 2.75) is 56.8 Å². The van der Waals surface area contributed by atoms with E-state index in [1.165, 1.54) is 12.1 Å². The zero-order chi connectivity index (χ0) is 25.6. The summed E-state index contributed by atoms with van der Waals surface area (Å²) in [5, 5.41) is 3.07. The smallest absolute Gasteiger partial charge is 0.164 e. The molecule has 194 valence electrons. The van der Waals surface area contributed by atoms with Crippen LogP contribution in [0.4, 0.5) is 8.78 Å². The van der Waals surface area contributed by atoms with Gasteiger partial charge in [0.05, 0.1) is 11.2 Å². The third-order valence-electron chi connectivity index (χ3n) is 7.17. The number of nitrogens with zero attached hydrogens (tertiary/aromatic N) is 3. The molecule has 0 aromatic carbocycles. The van der Waals surface area contributed by atoms with E-state index in [0.717, 1.165) is 63.0 Å². The lowest BCUT2D eigenvalue weighted by atomic mass is 9.84. The van der Waals surface area contributed by atoms with Crippen LogP contribution in [0.25, 0.3) is 0 Å². The minimum Gasteiger partial charge on any atom is -0.373 e. The van der Waals surface area contributed by atoms with Crippen LogP contribution >= 0.6 is 23.2 Å². The van der Waals surface area contributed by atoms with Crippen molar-refractivity contribution < 1.29 is 18.3 Å². The standard InChI is InChI=1S/C14H20ClFN2O.C11H14ClFN2O/c1-10(2)18-6-4-14(19-3,5-7-18)11-8-12(16)13(15)17-9-11;1-16-11(2-4-14-5-3-11)8-6-9(13)10(12)15-7-8/h8-10H,4-7H2,1-3H3;6-7,14H,2-5H2,1H3. The molecule has 2 aromatic heterocycles. The predicted molar refractivity (Wildman–Crippen MR) is 134 cm³/mol. The maximum atomic E-state index is 13.6. The number of hydrogen-bond acceptors (Lipinski definition) is 6. The minimum atomic E-state index is -0.492. The molecule has 0 atom stereocenters. The SMILES string of the molecule is COC1(c2cnc(Cl)c(F)c2)CCN(C(C)C)CC1.COC1(c2cnc(Cl)c(F)c2)CCNCC1. The van der Waals surface area contributed by atoms with Crippen molar-refractivity contribution in [3.63, 3.8) is 0 Å². The zero-order valence-corrected chi connectivity index (χ0v) is 22.2. The molecule has 2 saturated heterocycles. The molecule has 0 radical (unpaired) electrons. The van der Waals surface area contributed by atoms with Crippen molar-refractivity contribution in [2.75, 3.05) is 40.4 Å². The fraction of sp³-hybridized carbons (Fsp3) is 0.600. The molecule has 4 rings (SSSR count). The number of piperidine rings is 2. The van der Waals surface area contributed by atoms with Gasteiger partial charge in [-0.3, -0.25) is 0 Å². The van der Waals surface area contributed by atoms with Crippen LogP contribution in [0.15, 0.2) is 24.5 Å². The van der Waals surface area contributed by atoms with Gasteiger partial charge in [-0.1, -0.05) is 23.2 Å². The van der Waals surface area contributed by atoms with Gasteiger partial charge in [-0.2, -0.15) is 0 Å². The molecule has 0 unspecified atom stereocenters. The number of nitrogens with one attached hydrogen (secondary N) is 1. The van der Waals surface area contributed by atoms with Gasteiger partial charge in [0.15, 0.2) is 21.9 Å². The van der Waals surface area contributed by atoms with E-state index in [1.54, 1.807) is 26.6 Å². The lowest BCUT2D eigenvalue weighted by Gasteiger charge is -2.42. The van der Waals surface area contributed by atoms with Crippen molar-refractivity contribution in [2.24, 2.45) is 0 Å². The zero-order valence-electron chi connectivity index (χ0n) is 20.7. The Balaban J connectivity index is 0.000000198. The number of pyridine rings is 2. The van der Waals surface area contributed by atoms with E-state index in [2.05, 4.69) is 34.0 Å². The van der Waals surface area contributed by atoms with Crippen LogP contribution in [-0.4, -0.2) is 61.3 Å². The average Bonchev–Trinajstić information content (AvgIpc) is 2.88. The molecule has 2 aliphatic heterocycles. The first kappa shape index (κ1) is 28.2. The molecule has 0 saturated carbocycles. The summed E-state index contributed by atoms with van der Waals surface area (Å²) in [6, 6.07) is 3.39. The fourth-order valence-corrected chi connectivity index (χ4v) is 5.00. The molecule has 0 bridgehead atoms. The van der Waals surface area contributed by atoms with E-state index < -0.39 is 22.8 Å². The van der Waals surface area contributed by atoms with E-state index in [-0.39, 0.29) is 10.3 Å². The quantitative estimate of drug-likeness (QED) is 0.528. The highest BCUT2D eigenvalue weighted by Crippen LogP contribution is 2.37. The van der Waals surface area contributed by atoms with Crippen LogP contribution in [0.2, 0.25) is 10.3 Å². The Kier molecular flexibility index (Phi) is 9.82. The van der Waals surface area contributed by atoms with Gasteiger partial charge in [0.2, 0.25) is 0 Å². The highest BCUT2D eigenvalue weighted by molar-refractivity contribution is 6.29. The van der Waals surface area contributed by atoms with Gasteiger partial charge < -0.3 is 19.7 Å². The number of likely N-dealkylation sites (tertiary alicyclic amines) is 1. The molecule has 2 aromatic rings. The van der Waals surface area contributed by atoms with E-state index in [0.29, 0.717) is 6.04 Å². The first-order valence-electron chi connectivity index (χ1n) is 11.8. The lowest BCUT2D eigenvalue weighted by Crippen LogP contribution is -2.46. The molecular formula is C25H34Cl2F2N4O2. The maximum absolute atomic E-state index is 13.6. The molecule has 6 nitrogen and oxygen atoms in total. The number of methoxy groups -OCH3 is 2. The Hall–Kier alpha value is -1.42. The van der Waals surface area contributed by atoms with Crippen LogP contribution in [0.1, 0.15) is 50.7 Å². The summed E-state index contributed by atoms with van der Waals surface area (Å²) >= 11 is 11.2. The normalized spacial score (nSPS) is 19.8. The summed E-state index contributed by atoms with van der Waals surface area (Å²) in [4.78, 5) is 10.1. The van der Waals surface area contributed by atoms with Crippen LogP contribution in [0.5, 0.6) is 0 Å². The van der Waals surface area contributed by atoms with Crippen molar-refractivity contribution in [1.29, 1.82) is 0 Å². The van der Waals surface area contributed by atoms with Gasteiger partial charge in [-0.25, -0.2) is 18.7 Å². The molecule has 0 amide bonds. The van der Waals surface area contributed by atoms with Crippen molar-refractivity contribution >= 4 is 23.2 Å². The molecule has 0 spiro atoms. The topological polar surface area (TPSA) is 59.5 Å². The minimum absolute atomic E-state index is 0.0883. The molecule has 10 heteroatoms. The fourth-order valence-electron chi connectivity index (χ4n) is 4.79. The van der Waals surface area contributed by atoms with Crippen LogP contribution < -0.4 is 5.32 Å². The van der Waals surface area contributed by atoms with Gasteiger partial charge in [0, 0.05) is 56.9 Å². The molecule has 4 heterocycles. The van der Waals surface area contributed by atoms with E-state index in [9.17, 15) is 8.78 Å². The van der Waals surface area contributed by atoms with Gasteiger partial charge in [-0.05, 0) is 64.8 Å². The number of halogens is 4. The van der Waals surface area contributed by atoms with E-state index >= 15 is 0 Å². The second-order valence-electron chi connectivity index (χ2n) is 9.27. The molecule has 0 aliphatic carbocycles. The first-order chi connectivity index (χ1) is 16.7. The highest BCUT2D eigenvalue weighted by atomic mass is 35.5. The summed E-state index contributed by atoms with van der Waals surface area (Å²) in [6.45, 7) is 7.97. The van der Waals surface area contributed by atoms with E-state index in [4.69, 9.17) is 32.7 Å². The van der Waals surface area contributed by atoms with Crippen molar-refractivity contribution in [3.05, 3.63) is 57.6 Å². The Morgan fingerprint density at radius 1 is 0.857 bits per heavy atom. The molecular weight excluding hydrogens is 497 g/mol. The third kappa shape index (κ3) is 6.48. The Labute approximate surface area is 216 Å². The molecule has 2 aliphatic rings. The van der Waals surface area contributed by atoms with Gasteiger partial charge >= 0.3 is 0 Å². The lowest BCUT2D eigenvalue weighted by molar-refractivity contribution is -0.0673. The predicted octanol–water partition coefficient (Wildman–Crippen LogP) is 5.32. The number of aromatic nitrogens is 2. The summed E-state index contributed by atoms with van der Waals surface area (Å²) in [7, 11) is 3.33. The Morgan fingerprint density at radius 3 is 1.66 bits per heavy atom. The molecule has 1 N–H and O–H groups in total. The number of ether oxygens (including phenoxy) is 2. The van der Waals surface area contributed by atoms with Crippen LogP contribution in [-0.2, 0) is 20.7 Å². The number of hydrogen-bond donors (Lipinski definition) is 1. The van der Waals surface area contributed by atoms with Gasteiger partial charge in [0.25, 0.3) is 0 Å². The monoisotopic (exact) mass is 530 g/mol.